The standard InChI is InChI=1S/C17H18N2O4S2/c20-15(21)10-24-9-11-3-1-4-12(7-11)19-16(22)14-8-18-17(25-14)13-5-2-6-23-13/h1,3-4,7-8,13H,2,5-6,9-10H2,(H,19,22)(H,20,21). The SMILES string of the molecule is O=C(O)CSCc1cccc(NC(=O)c2cnc(C3CCCO3)s2)c1. The lowest BCUT2D eigenvalue weighted by Gasteiger charge is -2.06. The van der Waals surface area contributed by atoms with Gasteiger partial charge in [-0.05, 0) is 30.5 Å². The first kappa shape index (κ1) is 17.9. The second-order valence-corrected chi connectivity index (χ2v) is 7.65. The van der Waals surface area contributed by atoms with Gasteiger partial charge in [0.05, 0.1) is 11.9 Å². The van der Waals surface area contributed by atoms with Crippen LogP contribution in [0, 0.1) is 0 Å². The number of carboxylic acid groups (broad SMARTS) is 1. The van der Waals surface area contributed by atoms with Crippen LogP contribution in [0.15, 0.2) is 30.5 Å². The van der Waals surface area contributed by atoms with Crippen LogP contribution in [0.4, 0.5) is 5.69 Å². The van der Waals surface area contributed by atoms with Gasteiger partial charge in [0.15, 0.2) is 0 Å². The highest BCUT2D eigenvalue weighted by atomic mass is 32.2. The molecule has 132 valence electrons. The van der Waals surface area contributed by atoms with Crippen molar-refractivity contribution in [1.82, 2.24) is 4.98 Å². The van der Waals surface area contributed by atoms with E-state index >= 15 is 0 Å². The van der Waals surface area contributed by atoms with Crippen LogP contribution in [-0.4, -0.2) is 34.3 Å². The molecule has 25 heavy (non-hydrogen) atoms. The molecule has 3 rings (SSSR count). The average Bonchev–Trinajstić information content (AvgIpc) is 3.26. The lowest BCUT2D eigenvalue weighted by molar-refractivity contribution is -0.133. The molecule has 2 aromatic rings. The number of thioether (sulfide) groups is 1. The van der Waals surface area contributed by atoms with Crippen LogP contribution in [0.25, 0.3) is 0 Å². The molecule has 2 heterocycles. The summed E-state index contributed by atoms with van der Waals surface area (Å²) in [5, 5.41) is 12.4. The summed E-state index contributed by atoms with van der Waals surface area (Å²) >= 11 is 2.68. The summed E-state index contributed by atoms with van der Waals surface area (Å²) in [6.07, 6.45) is 3.58. The molecular weight excluding hydrogens is 360 g/mol. The van der Waals surface area contributed by atoms with Crippen molar-refractivity contribution < 1.29 is 19.4 Å². The number of hydrogen-bond acceptors (Lipinski definition) is 6. The molecular formula is C17H18N2O4S2. The predicted octanol–water partition coefficient (Wildman–Crippen LogP) is 3.56. The zero-order valence-electron chi connectivity index (χ0n) is 13.4. The highest BCUT2D eigenvalue weighted by molar-refractivity contribution is 7.99. The molecule has 0 aliphatic carbocycles. The predicted molar refractivity (Wildman–Crippen MR) is 98.2 cm³/mol. The van der Waals surface area contributed by atoms with Crippen molar-refractivity contribution in [3.8, 4) is 0 Å². The highest BCUT2D eigenvalue weighted by Gasteiger charge is 2.22. The topological polar surface area (TPSA) is 88.5 Å². The van der Waals surface area contributed by atoms with E-state index < -0.39 is 5.97 Å². The van der Waals surface area contributed by atoms with Gasteiger partial charge in [-0.3, -0.25) is 9.59 Å². The Morgan fingerprint density at radius 1 is 1.44 bits per heavy atom. The molecule has 0 radical (unpaired) electrons. The third-order valence-corrected chi connectivity index (χ3v) is 5.71. The molecule has 1 aromatic carbocycles. The van der Waals surface area contributed by atoms with Gasteiger partial charge in [-0.25, -0.2) is 4.98 Å². The third kappa shape index (κ3) is 5.04. The maximum absolute atomic E-state index is 12.4. The number of nitrogens with zero attached hydrogens (tertiary/aromatic N) is 1. The van der Waals surface area contributed by atoms with Crippen molar-refractivity contribution in [1.29, 1.82) is 0 Å². The van der Waals surface area contributed by atoms with Crippen LogP contribution >= 0.6 is 23.1 Å². The Kier molecular flexibility index (Phi) is 6.06. The van der Waals surface area contributed by atoms with Crippen molar-refractivity contribution in [3.63, 3.8) is 0 Å². The molecule has 1 aliphatic heterocycles. The molecule has 1 atom stereocenters. The first-order valence-electron chi connectivity index (χ1n) is 7.89. The van der Waals surface area contributed by atoms with Gasteiger partial charge in [-0.2, -0.15) is 0 Å². The van der Waals surface area contributed by atoms with Gasteiger partial charge < -0.3 is 15.2 Å². The Balaban J connectivity index is 1.59. The van der Waals surface area contributed by atoms with Gasteiger partial charge in [0, 0.05) is 18.0 Å². The highest BCUT2D eigenvalue weighted by Crippen LogP contribution is 2.31. The van der Waals surface area contributed by atoms with Gasteiger partial charge in [-0.1, -0.05) is 12.1 Å². The maximum Gasteiger partial charge on any atom is 0.313 e. The Bertz CT molecular complexity index is 757. The van der Waals surface area contributed by atoms with E-state index in [0.29, 0.717) is 16.3 Å². The Morgan fingerprint density at radius 3 is 3.08 bits per heavy atom. The van der Waals surface area contributed by atoms with E-state index in [9.17, 15) is 9.59 Å². The van der Waals surface area contributed by atoms with Crippen LogP contribution in [0.2, 0.25) is 0 Å². The minimum absolute atomic E-state index is 0.0149. The lowest BCUT2D eigenvalue weighted by Crippen LogP contribution is -2.10. The van der Waals surface area contributed by atoms with Gasteiger partial charge in [0.1, 0.15) is 16.0 Å². The zero-order valence-corrected chi connectivity index (χ0v) is 15.1. The number of aromatic nitrogens is 1. The number of hydrogen-bond donors (Lipinski definition) is 2. The molecule has 1 fully saturated rings. The van der Waals surface area contributed by atoms with Crippen LogP contribution < -0.4 is 5.32 Å². The van der Waals surface area contributed by atoms with Crippen LogP contribution in [0.5, 0.6) is 0 Å². The summed E-state index contributed by atoms with van der Waals surface area (Å²) in [5.41, 5.74) is 1.65. The number of anilines is 1. The van der Waals surface area contributed by atoms with E-state index in [1.807, 2.05) is 24.3 Å². The number of rotatable bonds is 7. The van der Waals surface area contributed by atoms with E-state index in [1.165, 1.54) is 23.1 Å². The molecule has 8 heteroatoms. The molecule has 0 spiro atoms. The number of carbonyl (C=O) groups is 2. The van der Waals surface area contributed by atoms with Crippen molar-refractivity contribution in [2.45, 2.75) is 24.7 Å². The fourth-order valence-electron chi connectivity index (χ4n) is 2.50. The third-order valence-electron chi connectivity index (χ3n) is 3.63. The molecule has 1 saturated heterocycles. The molecule has 1 unspecified atom stereocenters. The largest absolute Gasteiger partial charge is 0.481 e. The summed E-state index contributed by atoms with van der Waals surface area (Å²) in [7, 11) is 0. The number of nitrogens with one attached hydrogen (secondary N) is 1. The summed E-state index contributed by atoms with van der Waals surface area (Å²) in [6, 6.07) is 7.42. The number of amides is 1. The Morgan fingerprint density at radius 2 is 2.32 bits per heavy atom. The fraction of sp³-hybridized carbons (Fsp3) is 0.353. The Labute approximate surface area is 153 Å². The zero-order chi connectivity index (χ0) is 17.6. The number of carboxylic acids is 1. The minimum atomic E-state index is -0.832. The molecule has 2 N–H and O–H groups in total. The average molecular weight is 378 g/mol. The summed E-state index contributed by atoms with van der Waals surface area (Å²) in [5.74, 6) is -0.387. The number of thiazole rings is 1. The van der Waals surface area contributed by atoms with E-state index in [1.54, 1.807) is 6.20 Å². The van der Waals surface area contributed by atoms with E-state index in [4.69, 9.17) is 9.84 Å². The quantitative estimate of drug-likeness (QED) is 0.766. The number of aliphatic carboxylic acids is 1. The molecule has 1 amide bonds. The summed E-state index contributed by atoms with van der Waals surface area (Å²) in [6.45, 7) is 0.748. The monoisotopic (exact) mass is 378 g/mol. The Hall–Kier alpha value is -1.90. The van der Waals surface area contributed by atoms with Gasteiger partial charge >= 0.3 is 5.97 Å². The van der Waals surface area contributed by atoms with Gasteiger partial charge in [-0.15, -0.1) is 23.1 Å². The molecule has 1 aliphatic rings. The first-order valence-corrected chi connectivity index (χ1v) is 9.86. The maximum atomic E-state index is 12.4. The smallest absolute Gasteiger partial charge is 0.313 e. The fourth-order valence-corrected chi connectivity index (χ4v) is 4.09. The van der Waals surface area contributed by atoms with E-state index in [-0.39, 0.29) is 17.8 Å². The van der Waals surface area contributed by atoms with Crippen LogP contribution in [-0.2, 0) is 15.3 Å². The van der Waals surface area contributed by atoms with E-state index in [2.05, 4.69) is 10.3 Å². The molecule has 0 saturated carbocycles. The lowest BCUT2D eigenvalue weighted by atomic mass is 10.2. The number of carbonyl (C=O) groups excluding carboxylic acids is 1. The molecule has 0 bridgehead atoms. The van der Waals surface area contributed by atoms with Crippen LogP contribution in [0.3, 0.4) is 0 Å². The van der Waals surface area contributed by atoms with Crippen molar-refractivity contribution in [2.75, 3.05) is 17.7 Å². The van der Waals surface area contributed by atoms with Crippen molar-refractivity contribution in [2.24, 2.45) is 0 Å². The minimum Gasteiger partial charge on any atom is -0.481 e. The second-order valence-electron chi connectivity index (χ2n) is 5.61. The summed E-state index contributed by atoms with van der Waals surface area (Å²) < 4.78 is 5.59. The molecule has 6 nitrogen and oxygen atoms in total. The van der Waals surface area contributed by atoms with Gasteiger partial charge in [0.25, 0.3) is 5.91 Å². The summed E-state index contributed by atoms with van der Waals surface area (Å²) in [4.78, 5) is 27.8. The normalized spacial score (nSPS) is 16.7. The van der Waals surface area contributed by atoms with Crippen molar-refractivity contribution >= 4 is 40.7 Å². The van der Waals surface area contributed by atoms with Crippen molar-refractivity contribution in [3.05, 3.63) is 45.9 Å². The number of benzene rings is 1. The van der Waals surface area contributed by atoms with Gasteiger partial charge in [0.2, 0.25) is 0 Å². The van der Waals surface area contributed by atoms with Crippen LogP contribution in [0.1, 0.15) is 39.2 Å². The van der Waals surface area contributed by atoms with E-state index in [0.717, 1.165) is 30.0 Å². The second kappa shape index (κ2) is 8.46. The number of ether oxygens (including phenoxy) is 1. The first-order chi connectivity index (χ1) is 12.1. The molecule has 1 aromatic heterocycles.